The van der Waals surface area contributed by atoms with Gasteiger partial charge in [0.1, 0.15) is 17.9 Å². The first-order chi connectivity index (χ1) is 11.8. The van der Waals surface area contributed by atoms with Gasteiger partial charge in [-0.05, 0) is 30.5 Å². The van der Waals surface area contributed by atoms with Crippen LogP contribution in [0.1, 0.15) is 31.7 Å². The summed E-state index contributed by atoms with van der Waals surface area (Å²) in [6.45, 7) is 1.24. The SMILES string of the molecule is C#CCCC[C@@H](NC(=O)[C@@H](Cc1cccc(F)c1)NC(C)=O)C(=O)O. The van der Waals surface area contributed by atoms with Crippen molar-refractivity contribution < 1.29 is 23.9 Å². The third-order valence-corrected chi connectivity index (χ3v) is 3.45. The van der Waals surface area contributed by atoms with Crippen LogP contribution in [0.2, 0.25) is 0 Å². The molecule has 0 unspecified atom stereocenters. The van der Waals surface area contributed by atoms with E-state index in [9.17, 15) is 23.9 Å². The Hall–Kier alpha value is -2.88. The predicted octanol–water partition coefficient (Wildman–Crippen LogP) is 1.25. The maximum Gasteiger partial charge on any atom is 0.326 e. The number of rotatable bonds is 9. The lowest BCUT2D eigenvalue weighted by Crippen LogP contribution is -2.52. The highest BCUT2D eigenvalue weighted by molar-refractivity contribution is 5.90. The molecule has 0 spiro atoms. The van der Waals surface area contributed by atoms with E-state index in [-0.39, 0.29) is 12.8 Å². The Morgan fingerprint density at radius 3 is 2.56 bits per heavy atom. The van der Waals surface area contributed by atoms with Crippen molar-refractivity contribution >= 4 is 17.8 Å². The van der Waals surface area contributed by atoms with Gasteiger partial charge in [-0.1, -0.05) is 12.1 Å². The van der Waals surface area contributed by atoms with Crippen molar-refractivity contribution in [1.82, 2.24) is 10.6 Å². The maximum atomic E-state index is 13.3. The zero-order chi connectivity index (χ0) is 18.8. The summed E-state index contributed by atoms with van der Waals surface area (Å²) in [5.41, 5.74) is 0.508. The van der Waals surface area contributed by atoms with E-state index in [0.717, 1.165) is 0 Å². The average Bonchev–Trinajstić information content (AvgIpc) is 2.52. The molecule has 1 rings (SSSR count). The van der Waals surface area contributed by atoms with Gasteiger partial charge in [0.05, 0.1) is 0 Å². The molecule has 2 amide bonds. The number of aliphatic carboxylic acids is 1. The van der Waals surface area contributed by atoms with Crippen LogP contribution in [0.3, 0.4) is 0 Å². The lowest BCUT2D eigenvalue weighted by atomic mass is 10.0. The first-order valence-electron chi connectivity index (χ1n) is 7.81. The van der Waals surface area contributed by atoms with Gasteiger partial charge in [0.2, 0.25) is 11.8 Å². The third-order valence-electron chi connectivity index (χ3n) is 3.45. The second-order valence-corrected chi connectivity index (χ2v) is 5.58. The molecule has 0 aliphatic carbocycles. The topological polar surface area (TPSA) is 95.5 Å². The molecule has 6 nitrogen and oxygen atoms in total. The molecule has 0 aliphatic heterocycles. The monoisotopic (exact) mass is 348 g/mol. The van der Waals surface area contributed by atoms with E-state index in [0.29, 0.717) is 18.4 Å². The van der Waals surface area contributed by atoms with Crippen LogP contribution in [0.5, 0.6) is 0 Å². The molecule has 0 aliphatic rings. The molecule has 1 aromatic carbocycles. The van der Waals surface area contributed by atoms with E-state index in [1.807, 2.05) is 0 Å². The number of halogens is 1. The number of amides is 2. The molecule has 0 aromatic heterocycles. The Bertz CT molecular complexity index is 669. The largest absolute Gasteiger partial charge is 0.480 e. The van der Waals surface area contributed by atoms with Gasteiger partial charge in [-0.2, -0.15) is 0 Å². The molecule has 0 radical (unpaired) electrons. The second kappa shape index (κ2) is 10.1. The summed E-state index contributed by atoms with van der Waals surface area (Å²) in [7, 11) is 0. The van der Waals surface area contributed by atoms with Crippen LogP contribution in [-0.4, -0.2) is 35.0 Å². The third kappa shape index (κ3) is 7.48. The number of unbranched alkanes of at least 4 members (excludes halogenated alkanes) is 1. The number of terminal acetylenes is 1. The van der Waals surface area contributed by atoms with Crippen LogP contribution in [0, 0.1) is 18.2 Å². The van der Waals surface area contributed by atoms with Crippen molar-refractivity contribution in [3.63, 3.8) is 0 Å². The summed E-state index contributed by atoms with van der Waals surface area (Å²) in [5, 5.41) is 14.1. The van der Waals surface area contributed by atoms with E-state index in [4.69, 9.17) is 6.42 Å². The van der Waals surface area contributed by atoms with Gasteiger partial charge >= 0.3 is 5.97 Å². The molecule has 3 N–H and O–H groups in total. The molecular formula is C18H21FN2O4. The van der Waals surface area contributed by atoms with Gasteiger partial charge in [-0.15, -0.1) is 12.3 Å². The van der Waals surface area contributed by atoms with Gasteiger partial charge < -0.3 is 15.7 Å². The Kier molecular flexibility index (Phi) is 8.13. The van der Waals surface area contributed by atoms with Crippen LogP contribution in [0.15, 0.2) is 24.3 Å². The number of carbonyl (C=O) groups is 3. The highest BCUT2D eigenvalue weighted by Gasteiger charge is 2.26. The number of hydrogen-bond acceptors (Lipinski definition) is 3. The Morgan fingerprint density at radius 2 is 2.00 bits per heavy atom. The summed E-state index contributed by atoms with van der Waals surface area (Å²) in [6.07, 6.45) is 6.20. The second-order valence-electron chi connectivity index (χ2n) is 5.58. The summed E-state index contributed by atoms with van der Waals surface area (Å²) < 4.78 is 13.3. The number of carbonyl (C=O) groups excluding carboxylic acids is 2. The van der Waals surface area contributed by atoms with E-state index < -0.39 is 35.7 Å². The van der Waals surface area contributed by atoms with Gasteiger partial charge in [0.15, 0.2) is 0 Å². The smallest absolute Gasteiger partial charge is 0.326 e. The summed E-state index contributed by atoms with van der Waals surface area (Å²) in [6, 6.07) is 3.52. The minimum absolute atomic E-state index is 0.0415. The molecule has 2 atom stereocenters. The van der Waals surface area contributed by atoms with Crippen molar-refractivity contribution in [2.75, 3.05) is 0 Å². The molecule has 0 bridgehead atoms. The van der Waals surface area contributed by atoms with Gasteiger partial charge in [-0.25, -0.2) is 9.18 Å². The maximum absolute atomic E-state index is 13.3. The molecule has 1 aromatic rings. The summed E-state index contributed by atoms with van der Waals surface area (Å²) >= 11 is 0. The van der Waals surface area contributed by atoms with Gasteiger partial charge in [0.25, 0.3) is 0 Å². The molecule has 25 heavy (non-hydrogen) atoms. The fourth-order valence-electron chi connectivity index (χ4n) is 2.29. The van der Waals surface area contributed by atoms with E-state index in [2.05, 4.69) is 16.6 Å². The first-order valence-corrected chi connectivity index (χ1v) is 7.81. The summed E-state index contributed by atoms with van der Waals surface area (Å²) in [4.78, 5) is 35.0. The zero-order valence-corrected chi connectivity index (χ0v) is 13.9. The van der Waals surface area contributed by atoms with Crippen LogP contribution < -0.4 is 10.6 Å². The van der Waals surface area contributed by atoms with E-state index in [1.54, 1.807) is 6.07 Å². The molecular weight excluding hydrogens is 327 g/mol. The van der Waals surface area contributed by atoms with E-state index >= 15 is 0 Å². The van der Waals surface area contributed by atoms with Crippen molar-refractivity contribution in [3.8, 4) is 12.3 Å². The quantitative estimate of drug-likeness (QED) is 0.462. The highest BCUT2D eigenvalue weighted by Crippen LogP contribution is 2.08. The number of benzene rings is 1. The van der Waals surface area contributed by atoms with Crippen molar-refractivity contribution in [2.24, 2.45) is 0 Å². The lowest BCUT2D eigenvalue weighted by molar-refractivity contribution is -0.142. The van der Waals surface area contributed by atoms with Crippen LogP contribution in [0.4, 0.5) is 4.39 Å². The normalized spacial score (nSPS) is 12.5. The van der Waals surface area contributed by atoms with Crippen LogP contribution in [-0.2, 0) is 20.8 Å². The molecule has 0 saturated carbocycles. The summed E-state index contributed by atoms with van der Waals surface area (Å²) in [5.74, 6) is -0.334. The fourth-order valence-corrected chi connectivity index (χ4v) is 2.29. The van der Waals surface area contributed by atoms with Gasteiger partial charge in [-0.3, -0.25) is 9.59 Å². The molecule has 134 valence electrons. The number of carboxylic acids is 1. The molecule has 0 fully saturated rings. The fraction of sp³-hybridized carbons (Fsp3) is 0.389. The first kappa shape index (κ1) is 20.2. The van der Waals surface area contributed by atoms with Crippen LogP contribution >= 0.6 is 0 Å². The Labute approximate surface area is 145 Å². The standard InChI is InChI=1S/C18H21FN2O4/c1-3-4-5-9-15(18(24)25)21-17(23)16(20-12(2)22)11-13-7-6-8-14(19)10-13/h1,6-8,10,15-16H,4-5,9,11H2,2H3,(H,20,22)(H,21,23)(H,24,25)/t15-,16-/m1/s1. The lowest BCUT2D eigenvalue weighted by Gasteiger charge is -2.21. The minimum Gasteiger partial charge on any atom is -0.480 e. The van der Waals surface area contributed by atoms with Gasteiger partial charge in [0, 0.05) is 19.8 Å². The Balaban J connectivity index is 2.82. The van der Waals surface area contributed by atoms with Crippen molar-refractivity contribution in [1.29, 1.82) is 0 Å². The zero-order valence-electron chi connectivity index (χ0n) is 13.9. The number of nitrogens with one attached hydrogen (secondary N) is 2. The highest BCUT2D eigenvalue weighted by atomic mass is 19.1. The molecule has 0 heterocycles. The van der Waals surface area contributed by atoms with Crippen molar-refractivity contribution in [3.05, 3.63) is 35.6 Å². The Morgan fingerprint density at radius 1 is 1.28 bits per heavy atom. The van der Waals surface area contributed by atoms with Crippen molar-refractivity contribution in [2.45, 2.75) is 44.7 Å². The molecule has 0 saturated heterocycles. The minimum atomic E-state index is -1.18. The van der Waals surface area contributed by atoms with E-state index in [1.165, 1.54) is 25.1 Å². The predicted molar refractivity (Wildman–Crippen MR) is 90.0 cm³/mol. The van der Waals surface area contributed by atoms with Crippen LogP contribution in [0.25, 0.3) is 0 Å². The molecule has 7 heteroatoms. The number of carboxylic acid groups (broad SMARTS) is 1. The average molecular weight is 348 g/mol. The number of hydrogen-bond donors (Lipinski definition) is 3.